The Morgan fingerprint density at radius 2 is 1.59 bits per heavy atom. The first-order valence-electron chi connectivity index (χ1n) is 10.4. The summed E-state index contributed by atoms with van der Waals surface area (Å²) >= 11 is 6.29. The SMILES string of the molecule is CC1CCN(CCCCOc2ccccc2CCc2ccccc2Cl)CC1. The molecule has 1 aliphatic rings. The maximum atomic E-state index is 6.29. The Morgan fingerprint density at radius 1 is 0.926 bits per heavy atom. The number of hydrogen-bond acceptors (Lipinski definition) is 2. The normalized spacial score (nSPS) is 15.8. The van der Waals surface area contributed by atoms with Crippen LogP contribution in [-0.4, -0.2) is 31.1 Å². The van der Waals surface area contributed by atoms with Crippen molar-refractivity contribution in [2.75, 3.05) is 26.2 Å². The maximum Gasteiger partial charge on any atom is 0.122 e. The molecule has 1 aliphatic heterocycles. The Kier molecular flexibility index (Phi) is 8.04. The van der Waals surface area contributed by atoms with E-state index in [0.29, 0.717) is 0 Å². The summed E-state index contributed by atoms with van der Waals surface area (Å²) in [7, 11) is 0. The van der Waals surface area contributed by atoms with Crippen LogP contribution in [0.25, 0.3) is 0 Å². The second kappa shape index (κ2) is 10.7. The molecule has 0 saturated carbocycles. The average molecular weight is 386 g/mol. The van der Waals surface area contributed by atoms with Crippen LogP contribution >= 0.6 is 11.6 Å². The van der Waals surface area contributed by atoms with Gasteiger partial charge in [-0.3, -0.25) is 0 Å². The minimum atomic E-state index is 0.799. The highest BCUT2D eigenvalue weighted by atomic mass is 35.5. The van der Waals surface area contributed by atoms with Crippen molar-refractivity contribution in [1.82, 2.24) is 4.90 Å². The molecule has 1 saturated heterocycles. The molecule has 0 amide bonds. The number of rotatable bonds is 9. The van der Waals surface area contributed by atoms with Crippen LogP contribution in [0.5, 0.6) is 5.75 Å². The van der Waals surface area contributed by atoms with Crippen molar-refractivity contribution in [2.24, 2.45) is 5.92 Å². The number of para-hydroxylation sites is 1. The zero-order valence-electron chi connectivity index (χ0n) is 16.5. The summed E-state index contributed by atoms with van der Waals surface area (Å²) in [5.74, 6) is 1.93. The van der Waals surface area contributed by atoms with Gasteiger partial charge >= 0.3 is 0 Å². The van der Waals surface area contributed by atoms with Crippen molar-refractivity contribution >= 4 is 11.6 Å². The van der Waals surface area contributed by atoms with E-state index in [2.05, 4.69) is 42.2 Å². The van der Waals surface area contributed by atoms with Crippen molar-refractivity contribution < 1.29 is 4.74 Å². The van der Waals surface area contributed by atoms with Gasteiger partial charge in [-0.05, 0) is 87.3 Å². The zero-order valence-corrected chi connectivity index (χ0v) is 17.3. The van der Waals surface area contributed by atoms with E-state index in [1.807, 2.05) is 18.2 Å². The Hall–Kier alpha value is -1.51. The highest BCUT2D eigenvalue weighted by molar-refractivity contribution is 6.31. The number of nitrogens with zero attached hydrogens (tertiary/aromatic N) is 1. The third-order valence-corrected chi connectivity index (χ3v) is 5.97. The van der Waals surface area contributed by atoms with Gasteiger partial charge in [0.05, 0.1) is 6.61 Å². The predicted molar refractivity (Wildman–Crippen MR) is 115 cm³/mol. The fourth-order valence-corrected chi connectivity index (χ4v) is 3.96. The van der Waals surface area contributed by atoms with Gasteiger partial charge in [-0.25, -0.2) is 0 Å². The molecule has 2 nitrogen and oxygen atoms in total. The maximum absolute atomic E-state index is 6.29. The van der Waals surface area contributed by atoms with Crippen LogP contribution in [0.3, 0.4) is 0 Å². The predicted octanol–water partition coefficient (Wildman–Crippen LogP) is 6.02. The molecule has 27 heavy (non-hydrogen) atoms. The molecule has 3 rings (SSSR count). The van der Waals surface area contributed by atoms with Gasteiger partial charge in [0.2, 0.25) is 0 Å². The van der Waals surface area contributed by atoms with Crippen LogP contribution in [0.2, 0.25) is 5.02 Å². The molecule has 0 radical (unpaired) electrons. The number of aryl methyl sites for hydroxylation is 2. The fourth-order valence-electron chi connectivity index (χ4n) is 3.73. The van der Waals surface area contributed by atoms with Crippen molar-refractivity contribution in [3.05, 3.63) is 64.7 Å². The second-order valence-corrected chi connectivity index (χ2v) is 8.19. The van der Waals surface area contributed by atoms with E-state index in [-0.39, 0.29) is 0 Å². The summed E-state index contributed by atoms with van der Waals surface area (Å²) in [5, 5.41) is 0.850. The molecule has 0 bridgehead atoms. The summed E-state index contributed by atoms with van der Waals surface area (Å²) in [4.78, 5) is 2.61. The van der Waals surface area contributed by atoms with Crippen LogP contribution in [-0.2, 0) is 12.8 Å². The molecule has 0 spiro atoms. The first kappa shape index (κ1) is 20.2. The monoisotopic (exact) mass is 385 g/mol. The smallest absolute Gasteiger partial charge is 0.122 e. The summed E-state index contributed by atoms with van der Waals surface area (Å²) in [6.07, 6.45) is 6.94. The van der Waals surface area contributed by atoms with Gasteiger partial charge in [0.25, 0.3) is 0 Å². The van der Waals surface area contributed by atoms with Crippen molar-refractivity contribution in [1.29, 1.82) is 0 Å². The van der Waals surface area contributed by atoms with Crippen LogP contribution in [0, 0.1) is 5.92 Å². The molecule has 0 unspecified atom stereocenters. The van der Waals surface area contributed by atoms with Gasteiger partial charge in [-0.2, -0.15) is 0 Å². The van der Waals surface area contributed by atoms with Gasteiger partial charge in [0, 0.05) is 5.02 Å². The lowest BCUT2D eigenvalue weighted by atomic mass is 9.99. The van der Waals surface area contributed by atoms with Crippen molar-refractivity contribution in [3.8, 4) is 5.75 Å². The molecule has 0 aliphatic carbocycles. The number of likely N-dealkylation sites (tertiary alicyclic amines) is 1. The third kappa shape index (κ3) is 6.55. The third-order valence-electron chi connectivity index (χ3n) is 5.60. The van der Waals surface area contributed by atoms with Crippen LogP contribution < -0.4 is 4.74 Å². The standard InChI is InChI=1S/C24H32ClNO/c1-20-14-17-26(18-15-20)16-6-7-19-27-24-11-5-3-9-22(24)13-12-21-8-2-4-10-23(21)25/h2-5,8-11,20H,6-7,12-19H2,1H3. The topological polar surface area (TPSA) is 12.5 Å². The molecule has 0 N–H and O–H groups in total. The number of halogens is 1. The number of piperidine rings is 1. The second-order valence-electron chi connectivity index (χ2n) is 7.78. The Labute approximate surface area is 169 Å². The molecule has 0 atom stereocenters. The van der Waals surface area contributed by atoms with Gasteiger partial charge in [-0.1, -0.05) is 54.9 Å². The Morgan fingerprint density at radius 3 is 2.37 bits per heavy atom. The van der Waals surface area contributed by atoms with E-state index in [0.717, 1.165) is 42.6 Å². The highest BCUT2D eigenvalue weighted by Gasteiger charge is 2.14. The lowest BCUT2D eigenvalue weighted by Gasteiger charge is -2.30. The molecular formula is C24H32ClNO. The van der Waals surface area contributed by atoms with E-state index in [1.165, 1.54) is 50.0 Å². The summed E-state index contributed by atoms with van der Waals surface area (Å²) in [6, 6.07) is 16.5. The fraction of sp³-hybridized carbons (Fsp3) is 0.500. The van der Waals surface area contributed by atoms with Crippen LogP contribution in [0.15, 0.2) is 48.5 Å². The lowest BCUT2D eigenvalue weighted by molar-refractivity contribution is 0.184. The van der Waals surface area contributed by atoms with E-state index < -0.39 is 0 Å². The van der Waals surface area contributed by atoms with Crippen molar-refractivity contribution in [2.45, 2.75) is 45.4 Å². The molecule has 1 heterocycles. The largest absolute Gasteiger partial charge is 0.493 e. The minimum absolute atomic E-state index is 0.799. The molecule has 3 heteroatoms. The molecule has 0 aromatic heterocycles. The first-order chi connectivity index (χ1) is 13.2. The van der Waals surface area contributed by atoms with Gasteiger partial charge in [0.1, 0.15) is 5.75 Å². The van der Waals surface area contributed by atoms with Gasteiger partial charge in [0.15, 0.2) is 0 Å². The molecule has 146 valence electrons. The highest BCUT2D eigenvalue weighted by Crippen LogP contribution is 2.23. The van der Waals surface area contributed by atoms with Crippen molar-refractivity contribution in [3.63, 3.8) is 0 Å². The van der Waals surface area contributed by atoms with E-state index >= 15 is 0 Å². The molecule has 1 fully saturated rings. The summed E-state index contributed by atoms with van der Waals surface area (Å²) in [5.41, 5.74) is 2.47. The first-order valence-corrected chi connectivity index (χ1v) is 10.8. The molecule has 2 aromatic rings. The van der Waals surface area contributed by atoms with Gasteiger partial charge in [-0.15, -0.1) is 0 Å². The van der Waals surface area contributed by atoms with E-state index in [4.69, 9.17) is 16.3 Å². The number of unbranched alkanes of at least 4 members (excludes halogenated alkanes) is 1. The molecule has 2 aromatic carbocycles. The quantitative estimate of drug-likeness (QED) is 0.489. The molecular weight excluding hydrogens is 354 g/mol. The minimum Gasteiger partial charge on any atom is -0.493 e. The van der Waals surface area contributed by atoms with E-state index in [1.54, 1.807) is 0 Å². The number of ether oxygens (including phenoxy) is 1. The van der Waals surface area contributed by atoms with E-state index in [9.17, 15) is 0 Å². The van der Waals surface area contributed by atoms with Crippen LogP contribution in [0.4, 0.5) is 0 Å². The number of benzene rings is 2. The summed E-state index contributed by atoms with van der Waals surface area (Å²) in [6.45, 7) is 6.92. The average Bonchev–Trinajstić information content (AvgIpc) is 2.69. The van der Waals surface area contributed by atoms with Gasteiger partial charge < -0.3 is 9.64 Å². The number of hydrogen-bond donors (Lipinski definition) is 0. The lowest BCUT2D eigenvalue weighted by Crippen LogP contribution is -2.33. The van der Waals surface area contributed by atoms with Crippen LogP contribution in [0.1, 0.15) is 43.7 Å². The summed E-state index contributed by atoms with van der Waals surface area (Å²) < 4.78 is 6.11. The Bertz CT molecular complexity index is 694. The zero-order chi connectivity index (χ0) is 18.9. The Balaban J connectivity index is 1.40.